The topological polar surface area (TPSA) is 48.5 Å². The van der Waals surface area contributed by atoms with Gasteiger partial charge in [0.1, 0.15) is 0 Å². The molecule has 0 radical (unpaired) electrons. The second kappa shape index (κ2) is 7.56. The minimum absolute atomic E-state index is 0.125. The summed E-state index contributed by atoms with van der Waals surface area (Å²) in [6.07, 6.45) is 5.19. The number of nitrogens with zero attached hydrogens (tertiary/aromatic N) is 2. The van der Waals surface area contributed by atoms with Crippen molar-refractivity contribution >= 4 is 28.5 Å². The van der Waals surface area contributed by atoms with E-state index < -0.39 is 0 Å². The van der Waals surface area contributed by atoms with Gasteiger partial charge in [-0.15, -0.1) is 0 Å². The van der Waals surface area contributed by atoms with Gasteiger partial charge in [0.05, 0.1) is 5.56 Å². The molecule has 0 bridgehead atoms. The Labute approximate surface area is 190 Å². The monoisotopic (exact) mass is 425 g/mol. The van der Waals surface area contributed by atoms with Crippen molar-refractivity contribution in [1.82, 2.24) is 9.88 Å². The van der Waals surface area contributed by atoms with Gasteiger partial charge in [0.25, 0.3) is 0 Å². The van der Waals surface area contributed by atoms with Gasteiger partial charge in [0.2, 0.25) is 0 Å². The lowest BCUT2D eigenvalue weighted by Crippen LogP contribution is -2.34. The molecule has 0 saturated heterocycles. The maximum atomic E-state index is 13.8. The number of hydrogen-bond donors (Lipinski definition) is 1. The highest BCUT2D eigenvalue weighted by molar-refractivity contribution is 6.20. The zero-order valence-electron chi connectivity index (χ0n) is 19.6. The minimum atomic E-state index is -0.273. The minimum Gasteiger partial charge on any atom is -0.357 e. The van der Waals surface area contributed by atoms with Crippen molar-refractivity contribution in [2.24, 2.45) is 4.99 Å². The molecule has 1 N–H and O–H groups in total. The zero-order valence-corrected chi connectivity index (χ0v) is 19.6. The molecule has 4 nitrogen and oxygen atoms in total. The van der Waals surface area contributed by atoms with Crippen LogP contribution < -0.4 is 0 Å². The summed E-state index contributed by atoms with van der Waals surface area (Å²) < 4.78 is 0. The van der Waals surface area contributed by atoms with Gasteiger partial charge in [-0.05, 0) is 54.7 Å². The number of benzene rings is 2. The molecular weight excluding hydrogens is 394 g/mol. The van der Waals surface area contributed by atoms with Gasteiger partial charge in [0.15, 0.2) is 5.78 Å². The van der Waals surface area contributed by atoms with Gasteiger partial charge in [-0.25, -0.2) is 0 Å². The molecular formula is C28H31N3O. The molecule has 2 aromatic carbocycles. The number of rotatable bonds is 3. The van der Waals surface area contributed by atoms with Gasteiger partial charge in [-0.3, -0.25) is 14.7 Å². The molecule has 2 heterocycles. The Kier molecular flexibility index (Phi) is 4.94. The molecule has 4 heteroatoms. The highest BCUT2D eigenvalue weighted by atomic mass is 16.1. The smallest absolute Gasteiger partial charge is 0.195 e. The third-order valence-corrected chi connectivity index (χ3v) is 7.23. The average molecular weight is 426 g/mol. The molecule has 0 amide bonds. The van der Waals surface area contributed by atoms with E-state index >= 15 is 0 Å². The number of nitrogens with one attached hydrogen (secondary N) is 1. The molecule has 0 atom stereocenters. The molecule has 0 spiro atoms. The summed E-state index contributed by atoms with van der Waals surface area (Å²) in [6.45, 7) is 10.9. The predicted octanol–water partition coefficient (Wildman–Crippen LogP) is 5.58. The molecule has 164 valence electrons. The molecule has 1 aliphatic heterocycles. The Balaban J connectivity index is 1.60. The summed E-state index contributed by atoms with van der Waals surface area (Å²) in [4.78, 5) is 24.0. The highest BCUT2D eigenvalue weighted by Gasteiger charge is 2.39. The molecule has 0 fully saturated rings. The lowest BCUT2D eigenvalue weighted by Gasteiger charge is -2.33. The SMILES string of the molecule is C/N=C\c1ccc2c3c([nH]c2c1)C(C)(C)c1ccc(C2=CCN(C(C)C)CC2)cc1C3=O. The van der Waals surface area contributed by atoms with Crippen LogP contribution in [0.25, 0.3) is 16.5 Å². The first-order valence-corrected chi connectivity index (χ1v) is 11.5. The van der Waals surface area contributed by atoms with Crippen LogP contribution in [0.1, 0.15) is 72.4 Å². The van der Waals surface area contributed by atoms with Crippen molar-refractivity contribution < 1.29 is 4.79 Å². The second-order valence-electron chi connectivity index (χ2n) is 9.85. The molecule has 2 aliphatic rings. The van der Waals surface area contributed by atoms with Crippen LogP contribution in [0.4, 0.5) is 0 Å². The van der Waals surface area contributed by atoms with Crippen molar-refractivity contribution in [2.45, 2.75) is 45.6 Å². The summed E-state index contributed by atoms with van der Waals surface area (Å²) in [7, 11) is 1.77. The third kappa shape index (κ3) is 3.17. The molecule has 5 rings (SSSR count). The van der Waals surface area contributed by atoms with Crippen LogP contribution in [0.3, 0.4) is 0 Å². The Bertz CT molecular complexity index is 1290. The number of ketones is 1. The van der Waals surface area contributed by atoms with E-state index in [1.165, 1.54) is 11.1 Å². The lowest BCUT2D eigenvalue weighted by molar-refractivity contribution is 0.103. The van der Waals surface area contributed by atoms with Crippen LogP contribution in [0.15, 0.2) is 47.5 Å². The maximum Gasteiger partial charge on any atom is 0.195 e. The van der Waals surface area contributed by atoms with Crippen LogP contribution in [0, 0.1) is 0 Å². The van der Waals surface area contributed by atoms with Gasteiger partial charge >= 0.3 is 0 Å². The number of aliphatic imine (C=N–C) groups is 1. The van der Waals surface area contributed by atoms with Gasteiger partial charge < -0.3 is 4.98 Å². The van der Waals surface area contributed by atoms with Crippen LogP contribution >= 0.6 is 0 Å². The Morgan fingerprint density at radius 3 is 2.66 bits per heavy atom. The number of H-pyrrole nitrogens is 1. The standard InChI is InChI=1S/C28H31N3O/c1-17(2)31-12-10-19(11-13-31)20-7-9-23-22(15-20)26(32)25-21-8-6-18(16-29-5)14-24(21)30-27(25)28(23,3)4/h6-10,14-17,30H,11-13H2,1-5H3/b29-16-. The first kappa shape index (κ1) is 20.9. The molecule has 1 aliphatic carbocycles. The van der Waals surface area contributed by atoms with Crippen LogP contribution in [-0.4, -0.2) is 48.1 Å². The van der Waals surface area contributed by atoms with Crippen molar-refractivity contribution in [3.05, 3.63) is 76.0 Å². The fourth-order valence-corrected chi connectivity index (χ4v) is 5.31. The Morgan fingerprint density at radius 1 is 1.16 bits per heavy atom. The summed E-state index contributed by atoms with van der Waals surface area (Å²) >= 11 is 0. The zero-order chi connectivity index (χ0) is 22.6. The van der Waals surface area contributed by atoms with Crippen LogP contribution in [0.5, 0.6) is 0 Å². The van der Waals surface area contributed by atoms with Crippen molar-refractivity contribution in [3.63, 3.8) is 0 Å². The molecule has 32 heavy (non-hydrogen) atoms. The number of carbonyl (C=O) groups excluding carboxylic acids is 1. The number of aromatic nitrogens is 1. The summed E-state index contributed by atoms with van der Waals surface area (Å²) in [5.41, 5.74) is 8.04. The van der Waals surface area contributed by atoms with E-state index in [-0.39, 0.29) is 11.2 Å². The summed E-state index contributed by atoms with van der Waals surface area (Å²) in [5, 5.41) is 0.992. The fraction of sp³-hybridized carbons (Fsp3) is 0.357. The maximum absolute atomic E-state index is 13.8. The molecule has 0 unspecified atom stereocenters. The predicted molar refractivity (Wildman–Crippen MR) is 133 cm³/mol. The Morgan fingerprint density at radius 2 is 1.97 bits per heavy atom. The first-order valence-electron chi connectivity index (χ1n) is 11.5. The quantitative estimate of drug-likeness (QED) is 0.557. The third-order valence-electron chi connectivity index (χ3n) is 7.23. The summed E-state index contributed by atoms with van der Waals surface area (Å²) in [6, 6.07) is 13.2. The molecule has 3 aromatic rings. The largest absolute Gasteiger partial charge is 0.357 e. The van der Waals surface area contributed by atoms with E-state index in [0.29, 0.717) is 6.04 Å². The second-order valence-corrected chi connectivity index (χ2v) is 9.85. The first-order chi connectivity index (χ1) is 15.3. The van der Waals surface area contributed by atoms with Crippen molar-refractivity contribution in [2.75, 3.05) is 20.1 Å². The number of fused-ring (bicyclic) bond motifs is 4. The highest BCUT2D eigenvalue weighted by Crippen LogP contribution is 2.44. The molecule has 0 saturated carbocycles. The van der Waals surface area contributed by atoms with E-state index in [2.05, 4.69) is 79.0 Å². The summed E-state index contributed by atoms with van der Waals surface area (Å²) in [5.74, 6) is 0.125. The van der Waals surface area contributed by atoms with E-state index in [9.17, 15) is 4.79 Å². The van der Waals surface area contributed by atoms with E-state index in [4.69, 9.17) is 0 Å². The van der Waals surface area contributed by atoms with E-state index in [0.717, 1.165) is 58.4 Å². The lowest BCUT2D eigenvalue weighted by atomic mass is 9.70. The van der Waals surface area contributed by atoms with E-state index in [1.807, 2.05) is 12.3 Å². The molecule has 1 aromatic heterocycles. The van der Waals surface area contributed by atoms with Crippen LogP contribution in [0.2, 0.25) is 0 Å². The normalized spacial score (nSPS) is 18.3. The Hall–Kier alpha value is -2.98. The number of aromatic amines is 1. The van der Waals surface area contributed by atoms with Crippen molar-refractivity contribution in [1.29, 1.82) is 0 Å². The van der Waals surface area contributed by atoms with E-state index in [1.54, 1.807) is 7.05 Å². The number of carbonyl (C=O) groups is 1. The fourth-order valence-electron chi connectivity index (χ4n) is 5.31. The van der Waals surface area contributed by atoms with Crippen LogP contribution in [-0.2, 0) is 5.41 Å². The van der Waals surface area contributed by atoms with Gasteiger partial charge in [-0.1, -0.05) is 44.2 Å². The number of hydrogen-bond acceptors (Lipinski definition) is 3. The van der Waals surface area contributed by atoms with Gasteiger partial charge in [-0.2, -0.15) is 0 Å². The van der Waals surface area contributed by atoms with Gasteiger partial charge in [0, 0.05) is 60.0 Å². The van der Waals surface area contributed by atoms with Crippen molar-refractivity contribution in [3.8, 4) is 0 Å². The average Bonchev–Trinajstić information content (AvgIpc) is 3.18.